The molecule has 0 saturated carbocycles. The Labute approximate surface area is 106 Å². The number of aliphatic hydroxyl groups is 2. The van der Waals surface area contributed by atoms with Crippen molar-refractivity contribution in [2.75, 3.05) is 6.61 Å². The fourth-order valence-electron chi connectivity index (χ4n) is 1.51. The molecule has 2 atom stereocenters. The predicted octanol–water partition coefficient (Wildman–Crippen LogP) is 2.47. The van der Waals surface area contributed by atoms with Gasteiger partial charge >= 0.3 is 0 Å². The Morgan fingerprint density at radius 3 is 2.65 bits per heavy atom. The lowest BCUT2D eigenvalue weighted by molar-refractivity contribution is 0.196. The Bertz CT molecular complexity index is 412. The topological polar surface area (TPSA) is 64.2 Å². The average Bonchev–Trinajstić information content (AvgIpc) is 2.28. The normalized spacial score (nSPS) is 14.1. The third kappa shape index (κ3) is 4.04. The molecule has 1 aromatic rings. The predicted molar refractivity (Wildman–Crippen MR) is 68.8 cm³/mol. The molecule has 17 heavy (non-hydrogen) atoms. The standard InChI is InChI=1S/C13H17NO2S/c1-9(5-6-15)17-13-7-11(8-14)3-4-12(13)10(2)16/h3-4,7,9-10,15-16H,5-6H2,1-2H3. The molecule has 0 spiro atoms. The quantitative estimate of drug-likeness (QED) is 0.789. The van der Waals surface area contributed by atoms with Crippen molar-refractivity contribution in [2.24, 2.45) is 0 Å². The highest BCUT2D eigenvalue weighted by Gasteiger charge is 2.12. The molecule has 0 saturated heterocycles. The van der Waals surface area contributed by atoms with E-state index in [0.717, 1.165) is 10.5 Å². The zero-order valence-corrected chi connectivity index (χ0v) is 10.9. The first-order valence-electron chi connectivity index (χ1n) is 5.58. The number of thioether (sulfide) groups is 1. The van der Waals surface area contributed by atoms with Crippen LogP contribution in [0.4, 0.5) is 0 Å². The maximum absolute atomic E-state index is 9.67. The van der Waals surface area contributed by atoms with E-state index in [0.29, 0.717) is 12.0 Å². The third-order valence-corrected chi connectivity index (χ3v) is 3.70. The van der Waals surface area contributed by atoms with Gasteiger partial charge in [0.2, 0.25) is 0 Å². The molecule has 3 nitrogen and oxygen atoms in total. The zero-order chi connectivity index (χ0) is 12.8. The molecule has 0 aliphatic carbocycles. The van der Waals surface area contributed by atoms with E-state index in [1.54, 1.807) is 36.9 Å². The smallest absolute Gasteiger partial charge is 0.0992 e. The van der Waals surface area contributed by atoms with Crippen molar-refractivity contribution in [1.29, 1.82) is 5.26 Å². The van der Waals surface area contributed by atoms with Crippen LogP contribution in [0.5, 0.6) is 0 Å². The van der Waals surface area contributed by atoms with Gasteiger partial charge in [0, 0.05) is 16.8 Å². The minimum atomic E-state index is -0.549. The zero-order valence-electron chi connectivity index (χ0n) is 10.1. The van der Waals surface area contributed by atoms with Gasteiger partial charge in [0.15, 0.2) is 0 Å². The van der Waals surface area contributed by atoms with Crippen molar-refractivity contribution in [1.82, 2.24) is 0 Å². The Balaban J connectivity index is 2.97. The Morgan fingerprint density at radius 2 is 2.12 bits per heavy atom. The van der Waals surface area contributed by atoms with Crippen molar-refractivity contribution < 1.29 is 10.2 Å². The van der Waals surface area contributed by atoms with Gasteiger partial charge in [-0.15, -0.1) is 11.8 Å². The van der Waals surface area contributed by atoms with Gasteiger partial charge in [0.1, 0.15) is 0 Å². The second-order valence-corrected chi connectivity index (χ2v) is 5.46. The maximum Gasteiger partial charge on any atom is 0.0992 e. The van der Waals surface area contributed by atoms with Crippen LogP contribution in [0, 0.1) is 11.3 Å². The Morgan fingerprint density at radius 1 is 1.41 bits per heavy atom. The van der Waals surface area contributed by atoms with Crippen LogP contribution in [0.3, 0.4) is 0 Å². The largest absolute Gasteiger partial charge is 0.396 e. The molecule has 0 amide bonds. The van der Waals surface area contributed by atoms with E-state index in [1.165, 1.54) is 0 Å². The first kappa shape index (κ1) is 14.0. The van der Waals surface area contributed by atoms with E-state index in [4.69, 9.17) is 10.4 Å². The first-order valence-corrected chi connectivity index (χ1v) is 6.46. The molecule has 92 valence electrons. The number of benzene rings is 1. The van der Waals surface area contributed by atoms with Crippen LogP contribution in [-0.4, -0.2) is 22.1 Å². The molecular formula is C13H17NO2S. The van der Waals surface area contributed by atoms with Gasteiger partial charge < -0.3 is 10.2 Å². The summed E-state index contributed by atoms with van der Waals surface area (Å²) in [5.74, 6) is 0. The number of aliphatic hydroxyl groups excluding tert-OH is 2. The Kier molecular flexibility index (Phi) is 5.49. The van der Waals surface area contributed by atoms with E-state index in [1.807, 2.05) is 6.92 Å². The van der Waals surface area contributed by atoms with Crippen molar-refractivity contribution in [3.8, 4) is 6.07 Å². The number of rotatable bonds is 5. The molecule has 0 bridgehead atoms. The van der Waals surface area contributed by atoms with E-state index >= 15 is 0 Å². The fourth-order valence-corrected chi connectivity index (χ4v) is 2.74. The minimum Gasteiger partial charge on any atom is -0.396 e. The molecule has 0 aromatic heterocycles. The van der Waals surface area contributed by atoms with Crippen molar-refractivity contribution in [2.45, 2.75) is 36.5 Å². The van der Waals surface area contributed by atoms with Gasteiger partial charge in [0.05, 0.1) is 17.7 Å². The highest BCUT2D eigenvalue weighted by Crippen LogP contribution is 2.32. The van der Waals surface area contributed by atoms with Gasteiger partial charge in [-0.05, 0) is 31.0 Å². The fraction of sp³-hybridized carbons (Fsp3) is 0.462. The molecule has 0 fully saturated rings. The van der Waals surface area contributed by atoms with Gasteiger partial charge in [0.25, 0.3) is 0 Å². The lowest BCUT2D eigenvalue weighted by Gasteiger charge is -2.15. The number of nitriles is 1. The molecular weight excluding hydrogens is 234 g/mol. The van der Waals surface area contributed by atoms with Crippen molar-refractivity contribution >= 4 is 11.8 Å². The van der Waals surface area contributed by atoms with Gasteiger partial charge in [-0.1, -0.05) is 13.0 Å². The maximum atomic E-state index is 9.67. The van der Waals surface area contributed by atoms with Gasteiger partial charge in [-0.3, -0.25) is 0 Å². The number of nitrogens with zero attached hydrogens (tertiary/aromatic N) is 1. The highest BCUT2D eigenvalue weighted by atomic mass is 32.2. The monoisotopic (exact) mass is 251 g/mol. The summed E-state index contributed by atoms with van der Waals surface area (Å²) < 4.78 is 0. The molecule has 1 rings (SSSR count). The molecule has 2 unspecified atom stereocenters. The summed E-state index contributed by atoms with van der Waals surface area (Å²) in [7, 11) is 0. The summed E-state index contributed by atoms with van der Waals surface area (Å²) in [4.78, 5) is 0.917. The second-order valence-electron chi connectivity index (χ2n) is 3.98. The molecule has 2 N–H and O–H groups in total. The van der Waals surface area contributed by atoms with E-state index < -0.39 is 6.10 Å². The summed E-state index contributed by atoms with van der Waals surface area (Å²) in [6.45, 7) is 3.88. The molecule has 0 radical (unpaired) electrons. The minimum absolute atomic E-state index is 0.149. The SMILES string of the molecule is CC(CCO)Sc1cc(C#N)ccc1C(C)O. The summed E-state index contributed by atoms with van der Waals surface area (Å²) in [5.41, 5.74) is 1.42. The molecule has 4 heteroatoms. The van der Waals surface area contributed by atoms with Crippen molar-refractivity contribution in [3.05, 3.63) is 29.3 Å². The van der Waals surface area contributed by atoms with Crippen LogP contribution in [0.15, 0.2) is 23.1 Å². The highest BCUT2D eigenvalue weighted by molar-refractivity contribution is 8.00. The van der Waals surface area contributed by atoms with Crippen LogP contribution in [0.1, 0.15) is 37.5 Å². The third-order valence-electron chi connectivity index (χ3n) is 2.46. The van der Waals surface area contributed by atoms with Crippen LogP contribution in [0.25, 0.3) is 0 Å². The average molecular weight is 251 g/mol. The lowest BCUT2D eigenvalue weighted by atomic mass is 10.1. The first-order chi connectivity index (χ1) is 8.08. The van der Waals surface area contributed by atoms with Crippen LogP contribution >= 0.6 is 11.8 Å². The van der Waals surface area contributed by atoms with Crippen LogP contribution < -0.4 is 0 Å². The van der Waals surface area contributed by atoms with E-state index in [9.17, 15) is 5.11 Å². The van der Waals surface area contributed by atoms with Crippen molar-refractivity contribution in [3.63, 3.8) is 0 Å². The van der Waals surface area contributed by atoms with Gasteiger partial charge in [-0.2, -0.15) is 5.26 Å². The summed E-state index contributed by atoms with van der Waals surface area (Å²) in [6, 6.07) is 7.39. The van der Waals surface area contributed by atoms with Crippen LogP contribution in [-0.2, 0) is 0 Å². The van der Waals surface area contributed by atoms with Crippen LogP contribution in [0.2, 0.25) is 0 Å². The molecule has 0 aliphatic rings. The number of hydrogen-bond acceptors (Lipinski definition) is 4. The summed E-state index contributed by atoms with van der Waals surface area (Å²) >= 11 is 1.58. The summed E-state index contributed by atoms with van der Waals surface area (Å²) in [6.07, 6.45) is 0.146. The van der Waals surface area contributed by atoms with Gasteiger partial charge in [-0.25, -0.2) is 0 Å². The second kappa shape index (κ2) is 6.65. The molecule has 0 heterocycles. The lowest BCUT2D eigenvalue weighted by Crippen LogP contribution is -2.02. The number of hydrogen-bond donors (Lipinski definition) is 2. The summed E-state index contributed by atoms with van der Waals surface area (Å²) in [5, 5.41) is 27.7. The molecule has 1 aromatic carbocycles. The Hall–Kier alpha value is -1.02. The molecule has 0 aliphatic heterocycles. The van der Waals surface area contributed by atoms with E-state index in [2.05, 4.69) is 6.07 Å². The van der Waals surface area contributed by atoms with E-state index in [-0.39, 0.29) is 11.9 Å².